The zero-order valence-corrected chi connectivity index (χ0v) is 11.2. The highest BCUT2D eigenvalue weighted by Crippen LogP contribution is 2.21. The van der Waals surface area contributed by atoms with E-state index in [-0.39, 0.29) is 11.9 Å². The Hall–Kier alpha value is -0.610. The van der Waals surface area contributed by atoms with Crippen LogP contribution in [0.15, 0.2) is 22.7 Å². The van der Waals surface area contributed by atoms with Gasteiger partial charge in [0.2, 0.25) is 0 Å². The monoisotopic (exact) mass is 288 g/mol. The van der Waals surface area contributed by atoms with Crippen molar-refractivity contribution in [1.82, 2.24) is 0 Å². The number of rotatable bonds is 5. The predicted octanol–water partition coefficient (Wildman–Crippen LogP) is 3.37. The molecule has 16 heavy (non-hydrogen) atoms. The summed E-state index contributed by atoms with van der Waals surface area (Å²) in [7, 11) is 0. The number of hydrogen-bond acceptors (Lipinski definition) is 2. The number of halogens is 2. The van der Waals surface area contributed by atoms with Gasteiger partial charge in [-0.3, -0.25) is 0 Å². The Morgan fingerprint density at radius 2 is 2.12 bits per heavy atom. The van der Waals surface area contributed by atoms with Crippen molar-refractivity contribution < 1.29 is 4.39 Å². The van der Waals surface area contributed by atoms with Crippen molar-refractivity contribution in [2.75, 3.05) is 11.9 Å². The highest BCUT2D eigenvalue weighted by atomic mass is 79.9. The van der Waals surface area contributed by atoms with Gasteiger partial charge in [0.05, 0.1) is 4.47 Å². The lowest BCUT2D eigenvalue weighted by Gasteiger charge is -2.20. The highest BCUT2D eigenvalue weighted by molar-refractivity contribution is 9.10. The minimum Gasteiger partial charge on any atom is -0.381 e. The number of hydrogen-bond donors (Lipinski definition) is 2. The maximum absolute atomic E-state index is 13.0. The predicted molar refractivity (Wildman–Crippen MR) is 70.0 cm³/mol. The fourth-order valence-corrected chi connectivity index (χ4v) is 1.98. The first-order chi connectivity index (χ1) is 7.52. The van der Waals surface area contributed by atoms with Gasteiger partial charge in [-0.25, -0.2) is 4.39 Å². The third kappa shape index (κ3) is 4.10. The molecule has 1 rings (SSSR count). The topological polar surface area (TPSA) is 38.0 Å². The summed E-state index contributed by atoms with van der Waals surface area (Å²) in [6.45, 7) is 4.89. The minimum absolute atomic E-state index is 0.234. The first-order valence-corrected chi connectivity index (χ1v) is 6.24. The molecule has 1 atom stereocenters. The molecule has 2 nitrogen and oxygen atoms in total. The largest absolute Gasteiger partial charge is 0.381 e. The van der Waals surface area contributed by atoms with Crippen molar-refractivity contribution >= 4 is 21.6 Å². The Balaban J connectivity index is 2.66. The molecule has 0 saturated heterocycles. The molecule has 0 heterocycles. The average Bonchev–Trinajstić information content (AvgIpc) is 2.22. The summed E-state index contributed by atoms with van der Waals surface area (Å²) in [5, 5.41) is 3.31. The second-order valence-corrected chi connectivity index (χ2v) is 5.19. The average molecular weight is 289 g/mol. The van der Waals surface area contributed by atoms with E-state index in [0.717, 1.165) is 12.1 Å². The maximum atomic E-state index is 13.0. The van der Waals surface area contributed by atoms with Gasteiger partial charge in [0.1, 0.15) is 5.82 Å². The molecule has 0 saturated carbocycles. The number of anilines is 1. The van der Waals surface area contributed by atoms with Crippen LogP contribution in [0.3, 0.4) is 0 Å². The summed E-state index contributed by atoms with van der Waals surface area (Å²) >= 11 is 3.16. The van der Waals surface area contributed by atoms with E-state index in [9.17, 15) is 4.39 Å². The van der Waals surface area contributed by atoms with Gasteiger partial charge in [0, 0.05) is 18.3 Å². The summed E-state index contributed by atoms with van der Waals surface area (Å²) in [5.41, 5.74) is 6.58. The van der Waals surface area contributed by atoms with Crippen LogP contribution < -0.4 is 11.1 Å². The van der Waals surface area contributed by atoms with Crippen LogP contribution >= 0.6 is 15.9 Å². The zero-order valence-electron chi connectivity index (χ0n) is 9.63. The van der Waals surface area contributed by atoms with E-state index in [4.69, 9.17) is 5.73 Å². The van der Waals surface area contributed by atoms with E-state index in [1.807, 2.05) is 0 Å². The van der Waals surface area contributed by atoms with Crippen molar-refractivity contribution in [3.05, 3.63) is 28.5 Å². The SMILES string of the molecule is CC(C)CC(CN)Nc1ccc(F)c(Br)c1. The van der Waals surface area contributed by atoms with Gasteiger partial charge >= 0.3 is 0 Å². The van der Waals surface area contributed by atoms with Gasteiger partial charge in [0.25, 0.3) is 0 Å². The fourth-order valence-electron chi connectivity index (χ4n) is 1.60. The molecule has 0 spiro atoms. The molecule has 3 N–H and O–H groups in total. The molecular formula is C12H18BrFN2. The van der Waals surface area contributed by atoms with Gasteiger partial charge in [0.15, 0.2) is 0 Å². The van der Waals surface area contributed by atoms with Crippen LogP contribution in [0.2, 0.25) is 0 Å². The molecule has 1 aromatic carbocycles. The molecular weight excluding hydrogens is 271 g/mol. The van der Waals surface area contributed by atoms with Gasteiger partial charge in [-0.1, -0.05) is 13.8 Å². The second kappa shape index (κ2) is 6.21. The van der Waals surface area contributed by atoms with Crippen LogP contribution in [-0.4, -0.2) is 12.6 Å². The third-order valence-electron chi connectivity index (χ3n) is 2.33. The molecule has 0 fully saturated rings. The molecule has 0 aliphatic carbocycles. The van der Waals surface area contributed by atoms with Crippen LogP contribution in [0.4, 0.5) is 10.1 Å². The summed E-state index contributed by atoms with van der Waals surface area (Å²) in [6.07, 6.45) is 1.01. The Morgan fingerprint density at radius 3 is 2.62 bits per heavy atom. The van der Waals surface area contributed by atoms with Crippen LogP contribution in [0, 0.1) is 11.7 Å². The third-order valence-corrected chi connectivity index (χ3v) is 2.94. The highest BCUT2D eigenvalue weighted by Gasteiger charge is 2.09. The molecule has 1 aromatic rings. The van der Waals surface area contributed by atoms with Crippen LogP contribution in [0.5, 0.6) is 0 Å². The van der Waals surface area contributed by atoms with Gasteiger partial charge < -0.3 is 11.1 Å². The zero-order chi connectivity index (χ0) is 12.1. The van der Waals surface area contributed by atoms with Crippen LogP contribution in [0.25, 0.3) is 0 Å². The Bertz CT molecular complexity index is 342. The molecule has 0 aliphatic rings. The lowest BCUT2D eigenvalue weighted by molar-refractivity contribution is 0.522. The first kappa shape index (κ1) is 13.5. The van der Waals surface area contributed by atoms with Crippen molar-refractivity contribution in [1.29, 1.82) is 0 Å². The molecule has 0 bridgehead atoms. The quantitative estimate of drug-likeness (QED) is 0.872. The molecule has 0 aliphatic heterocycles. The van der Waals surface area contributed by atoms with Crippen molar-refractivity contribution in [3.8, 4) is 0 Å². The number of nitrogens with two attached hydrogens (primary N) is 1. The summed E-state index contributed by atoms with van der Waals surface area (Å²) in [6, 6.07) is 5.13. The molecule has 0 amide bonds. The fraction of sp³-hybridized carbons (Fsp3) is 0.500. The molecule has 1 unspecified atom stereocenters. The van der Waals surface area contributed by atoms with Crippen molar-refractivity contribution in [3.63, 3.8) is 0 Å². The maximum Gasteiger partial charge on any atom is 0.137 e. The minimum atomic E-state index is -0.251. The van der Waals surface area contributed by atoms with Gasteiger partial charge in [-0.05, 0) is 46.5 Å². The summed E-state index contributed by atoms with van der Waals surface area (Å²) < 4.78 is 13.5. The molecule has 0 radical (unpaired) electrons. The first-order valence-electron chi connectivity index (χ1n) is 5.44. The summed E-state index contributed by atoms with van der Waals surface area (Å²) in [5.74, 6) is 0.337. The smallest absolute Gasteiger partial charge is 0.137 e. The Kier molecular flexibility index (Phi) is 5.22. The van der Waals surface area contributed by atoms with E-state index in [1.165, 1.54) is 6.07 Å². The van der Waals surface area contributed by atoms with Gasteiger partial charge in [-0.15, -0.1) is 0 Å². The standard InChI is InChI=1S/C12H18BrFN2/c1-8(2)5-10(7-15)16-9-3-4-12(14)11(13)6-9/h3-4,6,8,10,16H,5,7,15H2,1-2H3. The lowest BCUT2D eigenvalue weighted by Crippen LogP contribution is -2.30. The Morgan fingerprint density at radius 1 is 1.44 bits per heavy atom. The van der Waals surface area contributed by atoms with Crippen molar-refractivity contribution in [2.24, 2.45) is 11.7 Å². The normalized spacial score (nSPS) is 12.9. The van der Waals surface area contributed by atoms with Gasteiger partial charge in [-0.2, -0.15) is 0 Å². The summed E-state index contributed by atoms with van der Waals surface area (Å²) in [4.78, 5) is 0. The Labute approximate surface area is 105 Å². The lowest BCUT2D eigenvalue weighted by atomic mass is 10.0. The van der Waals surface area contributed by atoms with E-state index in [2.05, 4.69) is 35.1 Å². The molecule has 0 aromatic heterocycles. The van der Waals surface area contributed by atoms with E-state index in [1.54, 1.807) is 12.1 Å². The van der Waals surface area contributed by atoms with E-state index >= 15 is 0 Å². The van der Waals surface area contributed by atoms with E-state index < -0.39 is 0 Å². The van der Waals surface area contributed by atoms with Crippen LogP contribution in [0.1, 0.15) is 20.3 Å². The molecule has 90 valence electrons. The molecule has 4 heteroatoms. The van der Waals surface area contributed by atoms with E-state index in [0.29, 0.717) is 16.9 Å². The number of nitrogens with one attached hydrogen (secondary N) is 1. The second-order valence-electron chi connectivity index (χ2n) is 4.34. The van der Waals surface area contributed by atoms with Crippen molar-refractivity contribution in [2.45, 2.75) is 26.3 Å². The van der Waals surface area contributed by atoms with Crippen LogP contribution in [-0.2, 0) is 0 Å². The number of benzene rings is 1.